The number of hydrogen-bond donors (Lipinski definition) is 4. The average Bonchev–Trinajstić information content (AvgIpc) is 3.92. The summed E-state index contributed by atoms with van der Waals surface area (Å²) in [5, 5.41) is 10.4. The van der Waals surface area contributed by atoms with Crippen molar-refractivity contribution in [2.24, 2.45) is 16.9 Å². The van der Waals surface area contributed by atoms with Crippen molar-refractivity contribution in [2.45, 2.75) is 56.3 Å². The molecule has 3 fully saturated rings. The summed E-state index contributed by atoms with van der Waals surface area (Å²) in [5.74, 6) is -0.0145. The molecule has 1 aromatic carbocycles. The first-order valence-corrected chi connectivity index (χ1v) is 14.7. The predicted octanol–water partition coefficient (Wildman–Crippen LogP) is 3.92. The number of nitrogens with one attached hydrogen (secondary N) is 2. The Kier molecular flexibility index (Phi) is 7.50. The first-order valence-electron chi connectivity index (χ1n) is 14.7. The van der Waals surface area contributed by atoms with E-state index in [1.54, 1.807) is 19.2 Å². The highest BCUT2D eigenvalue weighted by molar-refractivity contribution is 6.02. The molecular formula is C32H37F3N7O+. The maximum absolute atomic E-state index is 14.1. The Balaban J connectivity index is 1.31. The number of amides is 1. The fourth-order valence-electron chi connectivity index (χ4n) is 6.23. The molecule has 1 aromatic heterocycles. The second kappa shape index (κ2) is 11.0. The fourth-order valence-corrected chi connectivity index (χ4v) is 6.23. The highest BCUT2D eigenvalue weighted by atomic mass is 19.4. The van der Waals surface area contributed by atoms with Crippen LogP contribution in [0.5, 0.6) is 0 Å². The molecule has 6 N–H and O–H groups in total. The number of nitrogens with zero attached hydrogens (tertiary/aromatic N) is 3. The van der Waals surface area contributed by atoms with Crippen LogP contribution >= 0.6 is 0 Å². The van der Waals surface area contributed by atoms with Gasteiger partial charge < -0.3 is 16.8 Å². The van der Waals surface area contributed by atoms with Crippen LogP contribution in [0.3, 0.4) is 0 Å². The number of pyridine rings is 1. The Morgan fingerprint density at radius 1 is 1.23 bits per heavy atom. The number of benzene rings is 1. The number of carbonyl (C=O) groups is 1. The lowest BCUT2D eigenvalue weighted by Gasteiger charge is -2.31. The topological polar surface area (TPSA) is 124 Å². The molecule has 6 rings (SSSR count). The van der Waals surface area contributed by atoms with Crippen LogP contribution in [0.25, 0.3) is 11.1 Å². The number of rotatable bonds is 8. The molecule has 2 unspecified atom stereocenters. The van der Waals surface area contributed by atoms with E-state index in [2.05, 4.69) is 15.2 Å². The number of nitrogens with two attached hydrogens (primary N) is 2. The summed E-state index contributed by atoms with van der Waals surface area (Å²) in [6.07, 6.45) is 4.63. The van der Waals surface area contributed by atoms with Gasteiger partial charge >= 0.3 is 6.18 Å². The van der Waals surface area contributed by atoms with Crippen molar-refractivity contribution < 1.29 is 22.5 Å². The Morgan fingerprint density at radius 3 is 2.63 bits per heavy atom. The van der Waals surface area contributed by atoms with Gasteiger partial charge in [-0.1, -0.05) is 24.3 Å². The average molecular weight is 593 g/mol. The number of halogens is 3. The molecule has 0 radical (unpaired) electrons. The molecule has 8 nitrogen and oxygen atoms in total. The molecule has 2 aromatic rings. The molecule has 43 heavy (non-hydrogen) atoms. The zero-order valence-corrected chi connectivity index (χ0v) is 24.1. The molecule has 3 aliphatic carbocycles. The molecule has 0 bridgehead atoms. The quantitative estimate of drug-likeness (QED) is 0.210. The highest BCUT2D eigenvalue weighted by Crippen LogP contribution is 2.52. The van der Waals surface area contributed by atoms with Gasteiger partial charge in [0.2, 0.25) is 12.2 Å². The van der Waals surface area contributed by atoms with Crippen LogP contribution < -0.4 is 16.8 Å². The van der Waals surface area contributed by atoms with E-state index in [0.29, 0.717) is 34.5 Å². The van der Waals surface area contributed by atoms with Gasteiger partial charge in [-0.05, 0) is 85.0 Å². The van der Waals surface area contributed by atoms with Crippen LogP contribution in [0.4, 0.5) is 13.2 Å². The first-order chi connectivity index (χ1) is 20.5. The Labute approximate surface area is 248 Å². The monoisotopic (exact) mass is 592 g/mol. The number of aromatic nitrogens is 1. The molecule has 11 heteroatoms. The van der Waals surface area contributed by atoms with Crippen molar-refractivity contribution in [3.05, 3.63) is 76.6 Å². The lowest BCUT2D eigenvalue weighted by atomic mass is 9.90. The molecule has 2 atom stereocenters. The molecule has 1 aliphatic heterocycles. The van der Waals surface area contributed by atoms with Gasteiger partial charge in [0.1, 0.15) is 5.69 Å². The third kappa shape index (κ3) is 6.14. The molecule has 226 valence electrons. The summed E-state index contributed by atoms with van der Waals surface area (Å²) in [6, 6.07) is 8.49. The summed E-state index contributed by atoms with van der Waals surface area (Å²) in [5.41, 5.74) is 15.5. The molecule has 1 spiro atoms. The van der Waals surface area contributed by atoms with Gasteiger partial charge in [0.05, 0.1) is 30.3 Å². The number of carbonyl (C=O) groups excluding carboxylic acids is 1. The largest absolute Gasteiger partial charge is 0.414 e. The number of hydrogen-bond acceptors (Lipinski definition) is 5. The molecular weight excluding hydrogens is 555 g/mol. The Bertz CT molecular complexity index is 1550. The maximum Gasteiger partial charge on any atom is 0.414 e. The van der Waals surface area contributed by atoms with Crippen LogP contribution in [-0.2, 0) is 0 Å². The van der Waals surface area contributed by atoms with Gasteiger partial charge in [-0.2, -0.15) is 18.6 Å². The van der Waals surface area contributed by atoms with Gasteiger partial charge in [-0.3, -0.25) is 9.69 Å². The summed E-state index contributed by atoms with van der Waals surface area (Å²) in [4.78, 5) is 20.5. The minimum absolute atomic E-state index is 0.105. The normalized spacial score (nSPS) is 23.8. The Morgan fingerprint density at radius 2 is 1.98 bits per heavy atom. The number of alkyl halides is 3. The van der Waals surface area contributed by atoms with E-state index < -0.39 is 29.7 Å². The first kappa shape index (κ1) is 29.3. The van der Waals surface area contributed by atoms with Crippen molar-refractivity contribution in [1.29, 1.82) is 5.41 Å². The number of amidine groups is 1. The summed E-state index contributed by atoms with van der Waals surface area (Å²) in [7, 11) is 1.67. The minimum atomic E-state index is -4.62. The van der Waals surface area contributed by atoms with Crippen LogP contribution in [0.2, 0.25) is 0 Å². The van der Waals surface area contributed by atoms with E-state index in [-0.39, 0.29) is 11.6 Å². The summed E-state index contributed by atoms with van der Waals surface area (Å²) < 4.78 is 43.7. The van der Waals surface area contributed by atoms with Crippen LogP contribution in [-0.4, -0.2) is 77.5 Å². The van der Waals surface area contributed by atoms with Crippen molar-refractivity contribution in [1.82, 2.24) is 15.2 Å². The lowest BCUT2D eigenvalue weighted by molar-refractivity contribution is -0.361. The smallest absolute Gasteiger partial charge is 0.343 e. The molecule has 1 amide bonds. The summed E-state index contributed by atoms with van der Waals surface area (Å²) in [6.45, 7) is 2.14. The van der Waals surface area contributed by atoms with Crippen LogP contribution in [0.15, 0.2) is 59.7 Å². The van der Waals surface area contributed by atoms with E-state index in [1.165, 1.54) is 17.4 Å². The van der Waals surface area contributed by atoms with E-state index >= 15 is 0 Å². The second-order valence-electron chi connectivity index (χ2n) is 12.4. The lowest BCUT2D eigenvalue weighted by Crippen LogP contribution is -2.51. The van der Waals surface area contributed by atoms with Gasteiger partial charge in [0.25, 0.3) is 5.91 Å². The van der Waals surface area contributed by atoms with Gasteiger partial charge in [-0.25, -0.2) is 9.56 Å². The maximum atomic E-state index is 14.1. The zero-order chi connectivity index (χ0) is 30.5. The molecule has 1 saturated heterocycles. The van der Waals surface area contributed by atoms with Crippen molar-refractivity contribution in [3.63, 3.8) is 0 Å². The SMILES string of the molecule is C[N+](C=N)=C(N)c1ccccc1-c1cc(C(=O)NC2C=C(CN3CCC4(CC4)C3)C=C(C(F)(F)F)C2N)nc(C2CC2)c1. The van der Waals surface area contributed by atoms with E-state index in [9.17, 15) is 18.0 Å². The van der Waals surface area contributed by atoms with E-state index in [4.69, 9.17) is 16.9 Å². The number of likely N-dealkylation sites (tertiary alicyclic amines) is 1. The predicted molar refractivity (Wildman–Crippen MR) is 159 cm³/mol. The van der Waals surface area contributed by atoms with Crippen LogP contribution in [0.1, 0.15) is 59.8 Å². The van der Waals surface area contributed by atoms with Crippen molar-refractivity contribution in [2.75, 3.05) is 26.7 Å². The minimum Gasteiger partial charge on any atom is -0.343 e. The van der Waals surface area contributed by atoms with Crippen molar-refractivity contribution >= 4 is 18.1 Å². The molecule has 4 aliphatic rings. The fraction of sp³-hybridized carbons (Fsp3) is 0.438. The van der Waals surface area contributed by atoms with Crippen LogP contribution in [0, 0.1) is 10.8 Å². The molecule has 2 saturated carbocycles. The standard InChI is InChI=1S/C32H36F3N7O/c1-41(18-36)29(38)23-5-3-2-4-22(23)21-14-25(20-6-7-20)39-27(15-21)30(43)40-26-13-19(12-24(28(26)37)32(33,34)35)16-42-11-10-31(17-42)8-9-31/h2-5,12-15,18,20,26,28,36,38H,6-11,16-17,37H2,1H3,(H,40,43)/p+1. The van der Waals surface area contributed by atoms with E-state index in [0.717, 1.165) is 56.0 Å². The van der Waals surface area contributed by atoms with Crippen molar-refractivity contribution in [3.8, 4) is 11.1 Å². The molecule has 2 heterocycles. The van der Waals surface area contributed by atoms with Gasteiger partial charge in [0.15, 0.2) is 0 Å². The highest BCUT2D eigenvalue weighted by Gasteiger charge is 2.48. The second-order valence-corrected chi connectivity index (χ2v) is 12.4. The van der Waals surface area contributed by atoms with Gasteiger partial charge in [-0.15, -0.1) is 0 Å². The summed E-state index contributed by atoms with van der Waals surface area (Å²) >= 11 is 0. The van der Waals surface area contributed by atoms with Gasteiger partial charge in [0, 0.05) is 24.7 Å². The third-order valence-electron chi connectivity index (χ3n) is 9.15. The third-order valence-corrected chi connectivity index (χ3v) is 9.15. The zero-order valence-electron chi connectivity index (χ0n) is 24.1. The van der Waals surface area contributed by atoms with E-state index in [1.807, 2.05) is 30.3 Å². The Hall–Kier alpha value is -3.83.